The number of hydrogen-bond acceptors (Lipinski definition) is 3. The van der Waals surface area contributed by atoms with Crippen molar-refractivity contribution in [3.63, 3.8) is 0 Å². The summed E-state index contributed by atoms with van der Waals surface area (Å²) in [6.45, 7) is 9.25. The van der Waals surface area contributed by atoms with Crippen molar-refractivity contribution >= 4 is 0 Å². The number of halogens is 1. The molecule has 4 heteroatoms. The maximum Gasteiger partial charge on any atom is 0.128 e. The number of benzene rings is 1. The van der Waals surface area contributed by atoms with Crippen molar-refractivity contribution in [2.75, 3.05) is 19.7 Å². The Morgan fingerprint density at radius 3 is 2.79 bits per heavy atom. The van der Waals surface area contributed by atoms with Gasteiger partial charge in [-0.3, -0.25) is 4.90 Å². The number of nitrogens with zero attached hydrogens (tertiary/aromatic N) is 1. The standard InChI is InChI=1S/C20H30FNO2/c1-19(2)8-16-9-20(3,13-19)14-22(16)10-17(23)12-24-11-15-6-4-5-7-18(15)21/h4-7,16-17,23H,8-14H2,1-3H3/t16-,17+,20-/m0/s1. The van der Waals surface area contributed by atoms with E-state index in [0.717, 1.165) is 6.54 Å². The Morgan fingerprint density at radius 1 is 1.29 bits per heavy atom. The molecule has 2 bridgehead atoms. The Labute approximate surface area is 144 Å². The normalized spacial score (nSPS) is 30.5. The summed E-state index contributed by atoms with van der Waals surface area (Å²) >= 11 is 0. The second-order valence-electron chi connectivity index (χ2n) is 8.90. The number of fused-ring (bicyclic) bond motifs is 2. The lowest BCUT2D eigenvalue weighted by molar-refractivity contribution is 0.00536. The molecule has 0 amide bonds. The summed E-state index contributed by atoms with van der Waals surface area (Å²) < 4.78 is 19.1. The molecule has 1 aromatic carbocycles. The maximum absolute atomic E-state index is 13.6. The molecule has 1 saturated heterocycles. The first-order chi connectivity index (χ1) is 11.3. The quantitative estimate of drug-likeness (QED) is 0.862. The van der Waals surface area contributed by atoms with Crippen LogP contribution in [0.3, 0.4) is 0 Å². The van der Waals surface area contributed by atoms with Crippen LogP contribution in [0.25, 0.3) is 0 Å². The number of ether oxygens (including phenoxy) is 1. The second-order valence-corrected chi connectivity index (χ2v) is 8.90. The minimum atomic E-state index is -0.525. The zero-order valence-corrected chi connectivity index (χ0v) is 15.1. The van der Waals surface area contributed by atoms with Crippen LogP contribution in [0, 0.1) is 16.6 Å². The van der Waals surface area contributed by atoms with Gasteiger partial charge in [-0.2, -0.15) is 0 Å². The average molecular weight is 335 g/mol. The maximum atomic E-state index is 13.6. The molecule has 1 aliphatic heterocycles. The number of hydrogen-bond donors (Lipinski definition) is 1. The highest BCUT2D eigenvalue weighted by atomic mass is 19.1. The van der Waals surface area contributed by atoms with Crippen LogP contribution >= 0.6 is 0 Å². The van der Waals surface area contributed by atoms with Gasteiger partial charge >= 0.3 is 0 Å². The third kappa shape index (κ3) is 4.16. The number of aliphatic hydroxyl groups excluding tert-OH is 1. The van der Waals surface area contributed by atoms with Gasteiger partial charge in [0, 0.05) is 24.7 Å². The van der Waals surface area contributed by atoms with Crippen LogP contribution in [0.4, 0.5) is 4.39 Å². The lowest BCUT2D eigenvalue weighted by atomic mass is 9.65. The first-order valence-corrected chi connectivity index (χ1v) is 9.00. The summed E-state index contributed by atoms with van der Waals surface area (Å²) in [4.78, 5) is 2.44. The molecular formula is C20H30FNO2. The van der Waals surface area contributed by atoms with Crippen molar-refractivity contribution in [3.8, 4) is 0 Å². The molecule has 0 radical (unpaired) electrons. The minimum Gasteiger partial charge on any atom is -0.389 e. The summed E-state index contributed by atoms with van der Waals surface area (Å²) in [5.74, 6) is -0.254. The molecule has 3 nitrogen and oxygen atoms in total. The van der Waals surface area contributed by atoms with Gasteiger partial charge in [-0.15, -0.1) is 0 Å². The van der Waals surface area contributed by atoms with Crippen molar-refractivity contribution in [1.82, 2.24) is 4.90 Å². The predicted octanol–water partition coefficient (Wildman–Crippen LogP) is 3.60. The molecule has 134 valence electrons. The molecule has 0 aromatic heterocycles. The Bertz CT molecular complexity index is 577. The fourth-order valence-corrected chi connectivity index (χ4v) is 5.03. The molecule has 2 aliphatic rings. The lowest BCUT2D eigenvalue weighted by Crippen LogP contribution is -2.39. The van der Waals surface area contributed by atoms with Gasteiger partial charge in [0.2, 0.25) is 0 Å². The summed E-state index contributed by atoms with van der Waals surface area (Å²) in [7, 11) is 0. The Balaban J connectivity index is 1.47. The molecule has 1 N–H and O–H groups in total. The van der Waals surface area contributed by atoms with Gasteiger partial charge in [0.15, 0.2) is 0 Å². The summed E-state index contributed by atoms with van der Waals surface area (Å²) in [5, 5.41) is 10.3. The molecule has 1 saturated carbocycles. The minimum absolute atomic E-state index is 0.206. The van der Waals surface area contributed by atoms with Crippen LogP contribution in [-0.4, -0.2) is 41.8 Å². The van der Waals surface area contributed by atoms with Crippen LogP contribution in [0.2, 0.25) is 0 Å². The van der Waals surface area contributed by atoms with E-state index in [0.29, 0.717) is 29.0 Å². The highest BCUT2D eigenvalue weighted by molar-refractivity contribution is 5.16. The van der Waals surface area contributed by atoms with Gasteiger partial charge in [0.05, 0.1) is 19.3 Å². The summed E-state index contributed by atoms with van der Waals surface area (Å²) in [6.07, 6.45) is 3.17. The van der Waals surface area contributed by atoms with E-state index in [1.807, 2.05) is 0 Å². The highest BCUT2D eigenvalue weighted by Crippen LogP contribution is 2.52. The number of aliphatic hydroxyl groups is 1. The third-order valence-corrected chi connectivity index (χ3v) is 5.49. The van der Waals surface area contributed by atoms with E-state index in [2.05, 4.69) is 25.7 Å². The Hall–Kier alpha value is -0.970. The fourth-order valence-electron chi connectivity index (χ4n) is 5.03. The van der Waals surface area contributed by atoms with Crippen molar-refractivity contribution in [1.29, 1.82) is 0 Å². The number of rotatable bonds is 6. The molecular weight excluding hydrogens is 305 g/mol. The van der Waals surface area contributed by atoms with E-state index >= 15 is 0 Å². The van der Waals surface area contributed by atoms with E-state index in [1.54, 1.807) is 18.2 Å². The summed E-state index contributed by atoms with van der Waals surface area (Å²) in [6, 6.07) is 7.18. The van der Waals surface area contributed by atoms with Gasteiger partial charge in [0.25, 0.3) is 0 Å². The molecule has 0 unspecified atom stereocenters. The van der Waals surface area contributed by atoms with Crippen LogP contribution in [0.15, 0.2) is 24.3 Å². The van der Waals surface area contributed by atoms with Crippen LogP contribution in [-0.2, 0) is 11.3 Å². The topological polar surface area (TPSA) is 32.7 Å². The largest absolute Gasteiger partial charge is 0.389 e. The number of likely N-dealkylation sites (tertiary alicyclic amines) is 1. The molecule has 3 rings (SSSR count). The fraction of sp³-hybridized carbons (Fsp3) is 0.700. The SMILES string of the molecule is CC1(C)C[C@H]2C[C@](C)(CN2C[C@@H](O)COCc2ccccc2F)C1. The van der Waals surface area contributed by atoms with Crippen molar-refractivity contribution in [2.24, 2.45) is 10.8 Å². The Kier molecular flexibility index (Phi) is 5.01. The molecule has 2 fully saturated rings. The summed E-state index contributed by atoms with van der Waals surface area (Å²) in [5.41, 5.74) is 1.30. The Morgan fingerprint density at radius 2 is 2.04 bits per heavy atom. The molecule has 1 aliphatic carbocycles. The van der Waals surface area contributed by atoms with E-state index < -0.39 is 6.10 Å². The van der Waals surface area contributed by atoms with Gasteiger partial charge in [-0.1, -0.05) is 39.0 Å². The zero-order chi connectivity index (χ0) is 17.4. The monoisotopic (exact) mass is 335 g/mol. The van der Waals surface area contributed by atoms with Gasteiger partial charge < -0.3 is 9.84 Å². The predicted molar refractivity (Wildman–Crippen MR) is 93.2 cm³/mol. The van der Waals surface area contributed by atoms with Gasteiger partial charge in [0.1, 0.15) is 5.82 Å². The van der Waals surface area contributed by atoms with Crippen LogP contribution in [0.1, 0.15) is 45.6 Å². The molecule has 1 aromatic rings. The molecule has 1 heterocycles. The highest BCUT2D eigenvalue weighted by Gasteiger charge is 2.49. The van der Waals surface area contributed by atoms with Crippen molar-refractivity contribution in [3.05, 3.63) is 35.6 Å². The van der Waals surface area contributed by atoms with E-state index in [-0.39, 0.29) is 19.0 Å². The zero-order valence-electron chi connectivity index (χ0n) is 15.1. The lowest BCUT2D eigenvalue weighted by Gasteiger charge is -2.40. The van der Waals surface area contributed by atoms with Crippen molar-refractivity contribution < 1.29 is 14.2 Å². The smallest absolute Gasteiger partial charge is 0.128 e. The van der Waals surface area contributed by atoms with Gasteiger partial charge in [-0.05, 0) is 36.2 Å². The first kappa shape index (κ1) is 17.8. The third-order valence-electron chi connectivity index (χ3n) is 5.49. The van der Waals surface area contributed by atoms with Crippen LogP contribution in [0.5, 0.6) is 0 Å². The van der Waals surface area contributed by atoms with Crippen molar-refractivity contribution in [2.45, 2.75) is 58.8 Å². The molecule has 24 heavy (non-hydrogen) atoms. The van der Waals surface area contributed by atoms with E-state index in [1.165, 1.54) is 25.3 Å². The second kappa shape index (κ2) is 6.74. The van der Waals surface area contributed by atoms with Crippen LogP contribution < -0.4 is 0 Å². The van der Waals surface area contributed by atoms with E-state index in [9.17, 15) is 9.50 Å². The molecule has 3 atom stereocenters. The van der Waals surface area contributed by atoms with E-state index in [4.69, 9.17) is 4.74 Å². The molecule has 0 spiro atoms. The van der Waals surface area contributed by atoms with Gasteiger partial charge in [-0.25, -0.2) is 4.39 Å². The average Bonchev–Trinajstić information content (AvgIpc) is 2.69. The number of β-amino-alcohol motifs (C(OH)–C–C–N with tert-alkyl or cyclic N) is 1. The first-order valence-electron chi connectivity index (χ1n) is 9.00.